The summed E-state index contributed by atoms with van der Waals surface area (Å²) in [5, 5.41) is 0.458. The van der Waals surface area contributed by atoms with Crippen LogP contribution in [-0.4, -0.2) is 12.1 Å². The molecular weight excluding hydrogens is 399 g/mol. The Morgan fingerprint density at radius 2 is 1.79 bits per heavy atom. The minimum atomic E-state index is 0.294. The third-order valence-electron chi connectivity index (χ3n) is 2.26. The van der Waals surface area contributed by atoms with E-state index in [0.29, 0.717) is 28.1 Å². The molecule has 0 bridgehead atoms. The van der Waals surface area contributed by atoms with E-state index in [1.54, 1.807) is 25.3 Å². The molecule has 0 atom stereocenters. The van der Waals surface area contributed by atoms with Crippen LogP contribution in [0.5, 0.6) is 17.4 Å². The van der Waals surface area contributed by atoms with Crippen LogP contribution < -0.4 is 15.2 Å². The molecule has 0 saturated heterocycles. The van der Waals surface area contributed by atoms with Crippen molar-refractivity contribution in [1.29, 1.82) is 0 Å². The van der Waals surface area contributed by atoms with Crippen LogP contribution in [-0.2, 0) is 0 Å². The number of ether oxygens (including phenoxy) is 2. The van der Waals surface area contributed by atoms with Gasteiger partial charge in [-0.3, -0.25) is 0 Å². The van der Waals surface area contributed by atoms with E-state index in [9.17, 15) is 0 Å². The second kappa shape index (κ2) is 5.98. The van der Waals surface area contributed by atoms with Crippen LogP contribution in [0, 0.1) is 0 Å². The van der Waals surface area contributed by atoms with Crippen LogP contribution in [0.4, 0.5) is 5.69 Å². The van der Waals surface area contributed by atoms with Gasteiger partial charge in [0.15, 0.2) is 0 Å². The molecule has 2 aromatic rings. The smallest absolute Gasteiger partial charge is 0.242 e. The number of nitrogens with zero attached hydrogens (tertiary/aromatic N) is 1. The van der Waals surface area contributed by atoms with Crippen molar-refractivity contribution in [3.63, 3.8) is 0 Å². The van der Waals surface area contributed by atoms with Gasteiger partial charge in [0.25, 0.3) is 0 Å². The second-order valence-corrected chi connectivity index (χ2v) is 5.71. The van der Waals surface area contributed by atoms with Crippen molar-refractivity contribution in [3.8, 4) is 17.4 Å². The van der Waals surface area contributed by atoms with Crippen molar-refractivity contribution in [2.45, 2.75) is 0 Å². The van der Waals surface area contributed by atoms with Crippen LogP contribution >= 0.6 is 43.5 Å². The first-order valence-electron chi connectivity index (χ1n) is 5.13. The van der Waals surface area contributed by atoms with Crippen molar-refractivity contribution >= 4 is 49.1 Å². The Morgan fingerprint density at radius 1 is 1.16 bits per heavy atom. The molecule has 1 heterocycles. The van der Waals surface area contributed by atoms with Crippen molar-refractivity contribution in [1.82, 2.24) is 4.98 Å². The third kappa shape index (κ3) is 3.32. The first-order valence-corrected chi connectivity index (χ1v) is 7.09. The second-order valence-electron chi connectivity index (χ2n) is 3.57. The van der Waals surface area contributed by atoms with Gasteiger partial charge in [0, 0.05) is 6.20 Å². The number of hydrogen-bond donors (Lipinski definition) is 1. The molecule has 0 aliphatic carbocycles. The Hall–Kier alpha value is -0.980. The summed E-state index contributed by atoms with van der Waals surface area (Å²) in [6.45, 7) is 0. The lowest BCUT2D eigenvalue weighted by Crippen LogP contribution is -1.96. The number of hydrogen-bond acceptors (Lipinski definition) is 4. The van der Waals surface area contributed by atoms with Crippen molar-refractivity contribution in [3.05, 3.63) is 38.4 Å². The number of nitrogens with two attached hydrogens (primary N) is 1. The standard InChI is InChI=1S/C12H9Br2ClN2O2/c1-18-10-3-8(14)11(4-7(10)13)19-12-9(16)2-6(15)5-17-12/h2-5H,16H2,1H3. The predicted molar refractivity (Wildman–Crippen MR) is 82.1 cm³/mol. The molecule has 2 rings (SSSR count). The summed E-state index contributed by atoms with van der Waals surface area (Å²) in [6, 6.07) is 5.13. The molecule has 0 unspecified atom stereocenters. The van der Waals surface area contributed by atoms with Gasteiger partial charge >= 0.3 is 0 Å². The van der Waals surface area contributed by atoms with Crippen LogP contribution in [0.3, 0.4) is 0 Å². The number of pyridine rings is 1. The molecule has 4 nitrogen and oxygen atoms in total. The van der Waals surface area contributed by atoms with Gasteiger partial charge in [0.05, 0.1) is 26.8 Å². The molecule has 2 N–H and O–H groups in total. The van der Waals surface area contributed by atoms with E-state index in [0.717, 1.165) is 8.95 Å². The maximum absolute atomic E-state index is 5.79. The summed E-state index contributed by atoms with van der Waals surface area (Å²) >= 11 is 12.6. The highest BCUT2D eigenvalue weighted by Crippen LogP contribution is 2.38. The molecule has 7 heteroatoms. The molecular formula is C12H9Br2ClN2O2. The van der Waals surface area contributed by atoms with Crippen molar-refractivity contribution in [2.24, 2.45) is 0 Å². The fourth-order valence-corrected chi connectivity index (χ4v) is 2.43. The zero-order valence-electron chi connectivity index (χ0n) is 9.78. The molecule has 0 spiro atoms. The summed E-state index contributed by atoms with van der Waals surface area (Å²) in [7, 11) is 1.59. The van der Waals surface area contributed by atoms with Gasteiger partial charge in [-0.1, -0.05) is 11.6 Å². The topological polar surface area (TPSA) is 57.4 Å². The van der Waals surface area contributed by atoms with Crippen LogP contribution in [0.1, 0.15) is 0 Å². The Labute approximate surface area is 132 Å². The first-order chi connectivity index (χ1) is 9.01. The molecule has 1 aromatic carbocycles. The maximum Gasteiger partial charge on any atom is 0.242 e. The Bertz CT molecular complexity index is 623. The third-order valence-corrected chi connectivity index (χ3v) is 3.70. The number of anilines is 1. The molecule has 0 aliphatic heterocycles. The molecule has 1 aromatic heterocycles. The van der Waals surface area contributed by atoms with E-state index in [2.05, 4.69) is 36.8 Å². The summed E-state index contributed by atoms with van der Waals surface area (Å²) in [4.78, 5) is 4.04. The molecule has 0 fully saturated rings. The Kier molecular flexibility index (Phi) is 4.54. The predicted octanol–water partition coefficient (Wildman–Crippen LogP) is 4.64. The average Bonchev–Trinajstić information content (AvgIpc) is 2.36. The molecule has 19 heavy (non-hydrogen) atoms. The molecule has 100 valence electrons. The highest BCUT2D eigenvalue weighted by Gasteiger charge is 2.11. The number of rotatable bonds is 3. The van der Waals surface area contributed by atoms with Gasteiger partial charge in [0.1, 0.15) is 11.5 Å². The SMILES string of the molecule is COc1cc(Br)c(Oc2ncc(Cl)cc2N)cc1Br. The molecule has 0 amide bonds. The fraction of sp³-hybridized carbons (Fsp3) is 0.0833. The van der Waals surface area contributed by atoms with Gasteiger partial charge in [-0.25, -0.2) is 4.98 Å². The van der Waals surface area contributed by atoms with Gasteiger partial charge in [-0.15, -0.1) is 0 Å². The lowest BCUT2D eigenvalue weighted by atomic mass is 10.3. The van der Waals surface area contributed by atoms with Crippen LogP contribution in [0.25, 0.3) is 0 Å². The molecule has 0 radical (unpaired) electrons. The Balaban J connectivity index is 2.35. The zero-order chi connectivity index (χ0) is 14.0. The van der Waals surface area contributed by atoms with Gasteiger partial charge in [-0.2, -0.15) is 0 Å². The van der Waals surface area contributed by atoms with Gasteiger partial charge in [-0.05, 0) is 50.1 Å². The van der Waals surface area contributed by atoms with E-state index in [-0.39, 0.29) is 0 Å². The van der Waals surface area contributed by atoms with E-state index in [4.69, 9.17) is 26.8 Å². The first kappa shape index (κ1) is 14.4. The van der Waals surface area contributed by atoms with E-state index in [1.807, 2.05) is 0 Å². The number of aromatic nitrogens is 1. The highest BCUT2D eigenvalue weighted by atomic mass is 79.9. The largest absolute Gasteiger partial charge is 0.496 e. The maximum atomic E-state index is 5.79. The Morgan fingerprint density at radius 3 is 2.42 bits per heavy atom. The highest BCUT2D eigenvalue weighted by molar-refractivity contribution is 9.11. The molecule has 0 saturated carbocycles. The summed E-state index contributed by atoms with van der Waals surface area (Å²) in [5.74, 6) is 1.55. The zero-order valence-corrected chi connectivity index (χ0v) is 13.7. The number of nitrogen functional groups attached to an aromatic ring is 1. The van der Waals surface area contributed by atoms with E-state index >= 15 is 0 Å². The lowest BCUT2D eigenvalue weighted by molar-refractivity contribution is 0.408. The summed E-state index contributed by atoms with van der Waals surface area (Å²) in [6.07, 6.45) is 1.47. The van der Waals surface area contributed by atoms with Crippen LogP contribution in [0.2, 0.25) is 5.02 Å². The van der Waals surface area contributed by atoms with Gasteiger partial charge in [0.2, 0.25) is 5.88 Å². The number of halogens is 3. The summed E-state index contributed by atoms with van der Waals surface area (Å²) < 4.78 is 12.3. The monoisotopic (exact) mass is 406 g/mol. The normalized spacial score (nSPS) is 10.3. The molecule has 0 aliphatic rings. The van der Waals surface area contributed by atoms with Crippen LogP contribution in [0.15, 0.2) is 33.3 Å². The fourth-order valence-electron chi connectivity index (χ4n) is 1.38. The van der Waals surface area contributed by atoms with Crippen molar-refractivity contribution in [2.75, 3.05) is 12.8 Å². The minimum Gasteiger partial charge on any atom is -0.496 e. The minimum absolute atomic E-state index is 0.294. The van der Waals surface area contributed by atoms with Crippen molar-refractivity contribution < 1.29 is 9.47 Å². The number of benzene rings is 1. The quantitative estimate of drug-likeness (QED) is 0.804. The van der Waals surface area contributed by atoms with E-state index in [1.165, 1.54) is 6.20 Å². The average molecular weight is 408 g/mol. The number of methoxy groups -OCH3 is 1. The van der Waals surface area contributed by atoms with E-state index < -0.39 is 0 Å². The lowest BCUT2D eigenvalue weighted by Gasteiger charge is -2.11. The van der Waals surface area contributed by atoms with Gasteiger partial charge < -0.3 is 15.2 Å². The summed E-state index contributed by atoms with van der Waals surface area (Å²) in [5.41, 5.74) is 6.16.